The van der Waals surface area contributed by atoms with Crippen LogP contribution < -0.4 is 5.32 Å². The largest absolute Gasteiger partial charge is 0.305 e. The van der Waals surface area contributed by atoms with Gasteiger partial charge in [0.1, 0.15) is 6.29 Å². The van der Waals surface area contributed by atoms with Crippen molar-refractivity contribution in [2.24, 2.45) is 0 Å². The molecule has 11 heavy (non-hydrogen) atoms. The molecule has 0 bridgehead atoms. The number of aldehydes is 1. The highest BCUT2D eigenvalue weighted by molar-refractivity contribution is 9.11. The first-order chi connectivity index (χ1) is 5.33. The first-order valence-electron chi connectivity index (χ1n) is 3.21. The zero-order valence-corrected chi connectivity index (χ0v) is 8.24. The molecule has 0 aliphatic carbocycles. The fourth-order valence-corrected chi connectivity index (χ4v) is 2.15. The summed E-state index contributed by atoms with van der Waals surface area (Å²) in [7, 11) is 0. The van der Waals surface area contributed by atoms with Crippen LogP contribution in [0.1, 0.15) is 4.88 Å². The van der Waals surface area contributed by atoms with Crippen molar-refractivity contribution in [2.45, 2.75) is 6.54 Å². The topological polar surface area (TPSA) is 29.1 Å². The third-order valence-corrected chi connectivity index (χ3v) is 2.78. The summed E-state index contributed by atoms with van der Waals surface area (Å²) in [4.78, 5) is 11.2. The van der Waals surface area contributed by atoms with Crippen LogP contribution in [0, 0.1) is 0 Å². The molecule has 2 nitrogen and oxygen atoms in total. The molecule has 0 atom stereocenters. The van der Waals surface area contributed by atoms with Crippen LogP contribution in [0.5, 0.6) is 0 Å². The zero-order chi connectivity index (χ0) is 8.10. The van der Waals surface area contributed by atoms with Crippen LogP contribution in [0.25, 0.3) is 0 Å². The second kappa shape index (κ2) is 4.64. The van der Waals surface area contributed by atoms with Crippen LogP contribution in [-0.4, -0.2) is 12.8 Å². The monoisotopic (exact) mass is 233 g/mol. The van der Waals surface area contributed by atoms with Crippen LogP contribution in [-0.2, 0) is 11.3 Å². The smallest absolute Gasteiger partial charge is 0.133 e. The van der Waals surface area contributed by atoms with Crippen LogP contribution >= 0.6 is 27.3 Å². The molecule has 0 unspecified atom stereocenters. The zero-order valence-electron chi connectivity index (χ0n) is 5.84. The second-order valence-electron chi connectivity index (χ2n) is 2.00. The first kappa shape index (κ1) is 8.90. The minimum absolute atomic E-state index is 0.426. The molecule has 0 amide bonds. The first-order valence-corrected chi connectivity index (χ1v) is 4.82. The van der Waals surface area contributed by atoms with Gasteiger partial charge >= 0.3 is 0 Å². The number of thiophene rings is 1. The van der Waals surface area contributed by atoms with Gasteiger partial charge in [-0.3, -0.25) is 0 Å². The van der Waals surface area contributed by atoms with Crippen molar-refractivity contribution in [3.63, 3.8) is 0 Å². The normalized spacial score (nSPS) is 9.91. The Labute approximate surface area is 77.7 Å². The third kappa shape index (κ3) is 3.14. The lowest BCUT2D eigenvalue weighted by atomic mass is 10.4. The van der Waals surface area contributed by atoms with Crippen molar-refractivity contribution < 1.29 is 4.79 Å². The van der Waals surface area contributed by atoms with E-state index in [9.17, 15) is 4.79 Å². The molecule has 0 saturated carbocycles. The van der Waals surface area contributed by atoms with Gasteiger partial charge in [-0.05, 0) is 28.1 Å². The second-order valence-corrected chi connectivity index (χ2v) is 4.55. The Balaban J connectivity index is 2.32. The lowest BCUT2D eigenvalue weighted by Gasteiger charge is -1.94. The molecule has 1 rings (SSSR count). The van der Waals surface area contributed by atoms with E-state index in [1.54, 1.807) is 11.3 Å². The van der Waals surface area contributed by atoms with E-state index >= 15 is 0 Å². The van der Waals surface area contributed by atoms with E-state index in [2.05, 4.69) is 21.2 Å². The Morgan fingerprint density at radius 3 is 3.00 bits per heavy atom. The molecule has 0 aromatic carbocycles. The lowest BCUT2D eigenvalue weighted by Crippen LogP contribution is -2.14. The van der Waals surface area contributed by atoms with Crippen molar-refractivity contribution >= 4 is 33.6 Å². The van der Waals surface area contributed by atoms with Gasteiger partial charge in [0.25, 0.3) is 0 Å². The molecule has 1 heterocycles. The third-order valence-electron chi connectivity index (χ3n) is 1.16. The number of hydrogen-bond donors (Lipinski definition) is 1. The number of carbonyl (C=O) groups excluding carboxylic acids is 1. The molecule has 4 heteroatoms. The van der Waals surface area contributed by atoms with Crippen molar-refractivity contribution in [3.8, 4) is 0 Å². The highest BCUT2D eigenvalue weighted by Crippen LogP contribution is 2.21. The van der Waals surface area contributed by atoms with Crippen molar-refractivity contribution in [2.75, 3.05) is 6.54 Å². The van der Waals surface area contributed by atoms with Gasteiger partial charge < -0.3 is 10.1 Å². The van der Waals surface area contributed by atoms with Crippen LogP contribution in [0.15, 0.2) is 15.9 Å². The molecular weight excluding hydrogens is 226 g/mol. The van der Waals surface area contributed by atoms with Crippen LogP contribution in [0.3, 0.4) is 0 Å². The predicted molar refractivity (Wildman–Crippen MR) is 49.8 cm³/mol. The molecule has 0 fully saturated rings. The maximum Gasteiger partial charge on any atom is 0.133 e. The molecule has 1 aromatic rings. The molecule has 0 radical (unpaired) electrons. The molecule has 0 spiro atoms. The van der Waals surface area contributed by atoms with Crippen molar-refractivity contribution in [1.82, 2.24) is 5.32 Å². The number of carbonyl (C=O) groups is 1. The van der Waals surface area contributed by atoms with E-state index in [0.29, 0.717) is 6.54 Å². The summed E-state index contributed by atoms with van der Waals surface area (Å²) in [6.07, 6.45) is 0.864. The summed E-state index contributed by atoms with van der Waals surface area (Å²) in [5.74, 6) is 0. The van der Waals surface area contributed by atoms with Gasteiger partial charge in [0.05, 0.1) is 10.3 Å². The molecule has 1 N–H and O–H groups in total. The van der Waals surface area contributed by atoms with Crippen LogP contribution in [0.4, 0.5) is 0 Å². The Morgan fingerprint density at radius 1 is 1.64 bits per heavy atom. The van der Waals surface area contributed by atoms with Crippen molar-refractivity contribution in [3.05, 3.63) is 20.8 Å². The fraction of sp³-hybridized carbons (Fsp3) is 0.286. The van der Waals surface area contributed by atoms with E-state index < -0.39 is 0 Å². The number of hydrogen-bond acceptors (Lipinski definition) is 3. The van der Waals surface area contributed by atoms with E-state index in [4.69, 9.17) is 0 Å². The summed E-state index contributed by atoms with van der Waals surface area (Å²) in [5.41, 5.74) is 0. The summed E-state index contributed by atoms with van der Waals surface area (Å²) < 4.78 is 1.13. The van der Waals surface area contributed by atoms with Gasteiger partial charge in [-0.25, -0.2) is 0 Å². The molecule has 1 aromatic heterocycles. The summed E-state index contributed by atoms with van der Waals surface area (Å²) in [6, 6.07) is 4.04. The SMILES string of the molecule is O=CCNCc1ccc(Br)s1. The quantitative estimate of drug-likeness (QED) is 0.635. The number of nitrogens with one attached hydrogen (secondary N) is 1. The molecule has 0 saturated heterocycles. The van der Waals surface area contributed by atoms with Crippen LogP contribution in [0.2, 0.25) is 0 Å². The number of rotatable bonds is 4. The van der Waals surface area contributed by atoms with Crippen molar-refractivity contribution in [1.29, 1.82) is 0 Å². The lowest BCUT2D eigenvalue weighted by molar-refractivity contribution is -0.107. The van der Waals surface area contributed by atoms with Gasteiger partial charge in [-0.15, -0.1) is 11.3 Å². The van der Waals surface area contributed by atoms with E-state index in [-0.39, 0.29) is 0 Å². The van der Waals surface area contributed by atoms with Gasteiger partial charge in [0.2, 0.25) is 0 Å². The number of halogens is 1. The standard InChI is InChI=1S/C7H8BrNOS/c8-7-2-1-6(11-7)5-9-3-4-10/h1-2,4,9H,3,5H2. The minimum atomic E-state index is 0.426. The Bertz CT molecular complexity index is 236. The van der Waals surface area contributed by atoms with Gasteiger partial charge in [-0.2, -0.15) is 0 Å². The Kier molecular flexibility index (Phi) is 3.76. The van der Waals surface area contributed by atoms with Gasteiger partial charge in [-0.1, -0.05) is 0 Å². The molecule has 0 aliphatic rings. The summed E-state index contributed by atoms with van der Waals surface area (Å²) in [6.45, 7) is 1.20. The predicted octanol–water partition coefficient (Wildman–Crippen LogP) is 1.80. The van der Waals surface area contributed by atoms with E-state index in [1.807, 2.05) is 12.1 Å². The van der Waals surface area contributed by atoms with E-state index in [0.717, 1.165) is 16.6 Å². The molecular formula is C7H8BrNOS. The van der Waals surface area contributed by atoms with Gasteiger partial charge in [0, 0.05) is 11.4 Å². The maximum absolute atomic E-state index is 9.93. The highest BCUT2D eigenvalue weighted by atomic mass is 79.9. The minimum Gasteiger partial charge on any atom is -0.305 e. The Morgan fingerprint density at radius 2 is 2.45 bits per heavy atom. The molecule has 60 valence electrons. The average Bonchev–Trinajstić information content (AvgIpc) is 2.37. The Hall–Kier alpha value is -0.190. The summed E-state index contributed by atoms with van der Waals surface area (Å²) >= 11 is 5.04. The highest BCUT2D eigenvalue weighted by Gasteiger charge is 1.95. The van der Waals surface area contributed by atoms with E-state index in [1.165, 1.54) is 4.88 Å². The average molecular weight is 234 g/mol. The maximum atomic E-state index is 9.93. The molecule has 0 aliphatic heterocycles. The summed E-state index contributed by atoms with van der Waals surface area (Å²) in [5, 5.41) is 2.99. The van der Waals surface area contributed by atoms with Gasteiger partial charge in [0.15, 0.2) is 0 Å². The fourth-order valence-electron chi connectivity index (χ4n) is 0.701.